The Morgan fingerprint density at radius 2 is 2.17 bits per heavy atom. The van der Waals surface area contributed by atoms with Crippen LogP contribution >= 0.6 is 0 Å². The normalized spacial score (nSPS) is 23.5. The standard InChI is InChI=1S/C18H21N3O3/c1-2-18-11-20(7-8-21(18)17(23)24-12-18)16(22)9-13-10-19-15-6-4-3-5-14(13)15/h3-6,10,19H,2,7-9,11-12H2,1H3. The summed E-state index contributed by atoms with van der Waals surface area (Å²) in [5.41, 5.74) is 1.71. The van der Waals surface area contributed by atoms with Gasteiger partial charge in [0.15, 0.2) is 0 Å². The SMILES string of the molecule is CCC12COC(=O)N1CCN(C(=O)Cc1c[nH]c3ccccc13)C2. The zero-order valence-electron chi connectivity index (χ0n) is 13.7. The summed E-state index contributed by atoms with van der Waals surface area (Å²) in [6.45, 7) is 4.09. The van der Waals surface area contributed by atoms with Gasteiger partial charge < -0.3 is 14.6 Å². The molecule has 2 aliphatic rings. The summed E-state index contributed by atoms with van der Waals surface area (Å²) in [6.07, 6.45) is 2.82. The molecule has 4 rings (SSSR count). The topological polar surface area (TPSA) is 65.6 Å². The van der Waals surface area contributed by atoms with Crippen LogP contribution in [-0.2, 0) is 16.0 Å². The molecule has 1 aromatic heterocycles. The molecular formula is C18H21N3O3. The molecule has 3 heterocycles. The van der Waals surface area contributed by atoms with Crippen LogP contribution in [0.4, 0.5) is 4.79 Å². The van der Waals surface area contributed by atoms with Crippen molar-refractivity contribution in [3.8, 4) is 0 Å². The number of hydrogen-bond acceptors (Lipinski definition) is 3. The summed E-state index contributed by atoms with van der Waals surface area (Å²) >= 11 is 0. The van der Waals surface area contributed by atoms with Crippen LogP contribution in [-0.4, -0.2) is 58.6 Å². The molecule has 1 N–H and O–H groups in total. The molecule has 1 unspecified atom stereocenters. The molecule has 2 saturated heterocycles. The zero-order valence-corrected chi connectivity index (χ0v) is 13.7. The van der Waals surface area contributed by atoms with Crippen molar-refractivity contribution in [2.75, 3.05) is 26.2 Å². The van der Waals surface area contributed by atoms with E-state index in [2.05, 4.69) is 4.98 Å². The quantitative estimate of drug-likeness (QED) is 0.939. The Labute approximate surface area is 140 Å². The van der Waals surface area contributed by atoms with Gasteiger partial charge in [0.1, 0.15) is 6.61 Å². The molecule has 24 heavy (non-hydrogen) atoms. The summed E-state index contributed by atoms with van der Waals surface area (Å²) in [7, 11) is 0. The van der Waals surface area contributed by atoms with Crippen LogP contribution in [0.15, 0.2) is 30.5 Å². The number of carbonyl (C=O) groups is 2. The highest BCUT2D eigenvalue weighted by Crippen LogP contribution is 2.32. The number of carbonyl (C=O) groups excluding carboxylic acids is 2. The number of fused-ring (bicyclic) bond motifs is 2. The smallest absolute Gasteiger partial charge is 0.410 e. The van der Waals surface area contributed by atoms with Crippen molar-refractivity contribution in [3.63, 3.8) is 0 Å². The molecule has 1 atom stereocenters. The summed E-state index contributed by atoms with van der Waals surface area (Å²) in [6, 6.07) is 8.00. The van der Waals surface area contributed by atoms with E-state index in [1.807, 2.05) is 42.3 Å². The summed E-state index contributed by atoms with van der Waals surface area (Å²) < 4.78 is 5.23. The van der Waals surface area contributed by atoms with Gasteiger partial charge in [0, 0.05) is 36.7 Å². The van der Waals surface area contributed by atoms with Crippen molar-refractivity contribution >= 4 is 22.9 Å². The summed E-state index contributed by atoms with van der Waals surface area (Å²) in [5.74, 6) is 0.103. The Kier molecular flexibility index (Phi) is 3.48. The first-order valence-electron chi connectivity index (χ1n) is 8.40. The van der Waals surface area contributed by atoms with E-state index in [9.17, 15) is 9.59 Å². The fourth-order valence-corrected chi connectivity index (χ4v) is 3.83. The molecule has 0 bridgehead atoms. The van der Waals surface area contributed by atoms with E-state index >= 15 is 0 Å². The van der Waals surface area contributed by atoms with E-state index in [1.54, 1.807) is 4.90 Å². The van der Waals surface area contributed by atoms with Crippen LogP contribution in [0.25, 0.3) is 10.9 Å². The second kappa shape index (κ2) is 5.54. The molecule has 0 radical (unpaired) electrons. The molecule has 0 aliphatic carbocycles. The number of piperazine rings is 1. The van der Waals surface area contributed by atoms with Gasteiger partial charge in [-0.3, -0.25) is 9.69 Å². The van der Waals surface area contributed by atoms with Crippen LogP contribution < -0.4 is 0 Å². The van der Waals surface area contributed by atoms with Crippen LogP contribution in [0.1, 0.15) is 18.9 Å². The van der Waals surface area contributed by atoms with Crippen molar-refractivity contribution < 1.29 is 14.3 Å². The van der Waals surface area contributed by atoms with E-state index in [4.69, 9.17) is 4.74 Å². The number of benzene rings is 1. The largest absolute Gasteiger partial charge is 0.447 e. The average Bonchev–Trinajstić information content (AvgIpc) is 3.17. The predicted octanol–water partition coefficient (Wildman–Crippen LogP) is 2.15. The Balaban J connectivity index is 1.52. The zero-order chi connectivity index (χ0) is 16.7. The van der Waals surface area contributed by atoms with Crippen molar-refractivity contribution in [1.82, 2.24) is 14.8 Å². The number of ether oxygens (including phenoxy) is 1. The highest BCUT2D eigenvalue weighted by atomic mass is 16.6. The van der Waals surface area contributed by atoms with Crippen molar-refractivity contribution in [2.24, 2.45) is 0 Å². The third kappa shape index (κ3) is 2.25. The van der Waals surface area contributed by atoms with Gasteiger partial charge in [0.25, 0.3) is 0 Å². The molecule has 6 nitrogen and oxygen atoms in total. The monoisotopic (exact) mass is 327 g/mol. The Hall–Kier alpha value is -2.50. The highest BCUT2D eigenvalue weighted by molar-refractivity contribution is 5.89. The van der Waals surface area contributed by atoms with Crippen molar-refractivity contribution in [1.29, 1.82) is 0 Å². The lowest BCUT2D eigenvalue weighted by Crippen LogP contribution is -2.62. The minimum Gasteiger partial charge on any atom is -0.447 e. The molecular weight excluding hydrogens is 306 g/mol. The third-order valence-corrected chi connectivity index (χ3v) is 5.36. The van der Waals surface area contributed by atoms with Gasteiger partial charge in [-0.2, -0.15) is 0 Å². The van der Waals surface area contributed by atoms with E-state index in [0.29, 0.717) is 32.7 Å². The Morgan fingerprint density at radius 3 is 3.00 bits per heavy atom. The molecule has 0 saturated carbocycles. The van der Waals surface area contributed by atoms with Crippen LogP contribution in [0.5, 0.6) is 0 Å². The maximum atomic E-state index is 12.8. The van der Waals surface area contributed by atoms with Gasteiger partial charge in [-0.25, -0.2) is 4.79 Å². The number of hydrogen-bond donors (Lipinski definition) is 1. The van der Waals surface area contributed by atoms with Crippen LogP contribution in [0.3, 0.4) is 0 Å². The van der Waals surface area contributed by atoms with E-state index in [1.165, 1.54) is 0 Å². The first-order valence-corrected chi connectivity index (χ1v) is 8.40. The number of amides is 2. The number of aromatic nitrogens is 1. The minimum absolute atomic E-state index is 0.103. The Bertz CT molecular complexity index is 800. The summed E-state index contributed by atoms with van der Waals surface area (Å²) in [4.78, 5) is 31.5. The van der Waals surface area contributed by atoms with Gasteiger partial charge in [-0.1, -0.05) is 25.1 Å². The number of para-hydroxylation sites is 1. The van der Waals surface area contributed by atoms with E-state index in [0.717, 1.165) is 22.9 Å². The van der Waals surface area contributed by atoms with Gasteiger partial charge in [0.2, 0.25) is 5.91 Å². The lowest BCUT2D eigenvalue weighted by atomic mass is 9.92. The molecule has 1 aromatic carbocycles. The predicted molar refractivity (Wildman–Crippen MR) is 89.7 cm³/mol. The molecule has 2 fully saturated rings. The van der Waals surface area contributed by atoms with Gasteiger partial charge >= 0.3 is 6.09 Å². The fraction of sp³-hybridized carbons (Fsp3) is 0.444. The number of cyclic esters (lactones) is 1. The van der Waals surface area contributed by atoms with E-state index < -0.39 is 0 Å². The first-order chi connectivity index (χ1) is 11.6. The second-order valence-corrected chi connectivity index (χ2v) is 6.64. The molecule has 6 heteroatoms. The number of H-pyrrole nitrogens is 1. The number of nitrogens with zero attached hydrogens (tertiary/aromatic N) is 2. The van der Waals surface area contributed by atoms with Gasteiger partial charge in [-0.05, 0) is 18.1 Å². The second-order valence-electron chi connectivity index (χ2n) is 6.64. The maximum Gasteiger partial charge on any atom is 0.410 e. The highest BCUT2D eigenvalue weighted by Gasteiger charge is 2.50. The van der Waals surface area contributed by atoms with Crippen molar-refractivity contribution in [3.05, 3.63) is 36.0 Å². The number of aromatic amines is 1. The maximum absolute atomic E-state index is 12.8. The molecule has 2 aliphatic heterocycles. The van der Waals surface area contributed by atoms with Gasteiger partial charge in [0.05, 0.1) is 12.0 Å². The summed E-state index contributed by atoms with van der Waals surface area (Å²) in [5, 5.41) is 1.09. The Morgan fingerprint density at radius 1 is 1.33 bits per heavy atom. The lowest BCUT2D eigenvalue weighted by Gasteiger charge is -2.44. The molecule has 0 spiro atoms. The van der Waals surface area contributed by atoms with Crippen molar-refractivity contribution in [2.45, 2.75) is 25.3 Å². The third-order valence-electron chi connectivity index (χ3n) is 5.36. The molecule has 2 amide bonds. The lowest BCUT2D eigenvalue weighted by molar-refractivity contribution is -0.134. The van der Waals surface area contributed by atoms with E-state index in [-0.39, 0.29) is 17.5 Å². The minimum atomic E-state index is -0.356. The fourth-order valence-electron chi connectivity index (χ4n) is 3.83. The molecule has 2 aromatic rings. The number of rotatable bonds is 3. The van der Waals surface area contributed by atoms with Gasteiger partial charge in [-0.15, -0.1) is 0 Å². The molecule has 126 valence electrons. The number of nitrogens with one attached hydrogen (secondary N) is 1. The first kappa shape index (κ1) is 15.1. The average molecular weight is 327 g/mol. The van der Waals surface area contributed by atoms with Crippen LogP contribution in [0.2, 0.25) is 0 Å². The van der Waals surface area contributed by atoms with Crippen LogP contribution in [0, 0.1) is 0 Å².